The van der Waals surface area contributed by atoms with Gasteiger partial charge in [-0.25, -0.2) is 14.8 Å². The minimum absolute atomic E-state index is 0.532. The lowest BCUT2D eigenvalue weighted by atomic mass is 10.0. The number of hydrogen-bond acceptors (Lipinski definition) is 3. The number of anilines is 2. The van der Waals surface area contributed by atoms with Gasteiger partial charge in [0.05, 0.1) is 23.8 Å². The number of nitrogens with zero attached hydrogens (tertiary/aromatic N) is 3. The van der Waals surface area contributed by atoms with Crippen molar-refractivity contribution in [1.29, 1.82) is 0 Å². The predicted octanol–water partition coefficient (Wildman–Crippen LogP) is 2.82. The summed E-state index contributed by atoms with van der Waals surface area (Å²) < 4.78 is 0. The van der Waals surface area contributed by atoms with Gasteiger partial charge in [-0.3, -0.25) is 4.90 Å². The van der Waals surface area contributed by atoms with Crippen molar-refractivity contribution in [2.75, 3.05) is 4.90 Å². The van der Waals surface area contributed by atoms with E-state index in [1.807, 2.05) is 18.2 Å². The van der Waals surface area contributed by atoms with Gasteiger partial charge < -0.3 is 5.73 Å². The second-order valence-corrected chi connectivity index (χ2v) is 4.40. The third-order valence-corrected chi connectivity index (χ3v) is 3.21. The van der Waals surface area contributed by atoms with E-state index in [4.69, 9.17) is 5.73 Å². The van der Waals surface area contributed by atoms with Crippen LogP contribution in [0.1, 0.15) is 25.0 Å². The summed E-state index contributed by atoms with van der Waals surface area (Å²) in [5.41, 5.74) is 9.16. The standard InChI is InChI=1S/C15H18N4O/c1-3-11-6-5-7-12(4-2)14(11)19(15(16)20)13-8-17-10-18-9-13/h5-10H,3-4H2,1-2H3,(H2,16,20). The number of rotatable bonds is 4. The summed E-state index contributed by atoms with van der Waals surface area (Å²) in [7, 11) is 0. The molecule has 0 fully saturated rings. The van der Waals surface area contributed by atoms with Crippen LogP contribution >= 0.6 is 0 Å². The first-order valence-electron chi connectivity index (χ1n) is 6.64. The van der Waals surface area contributed by atoms with Gasteiger partial charge in [0, 0.05) is 0 Å². The van der Waals surface area contributed by atoms with Crippen LogP contribution in [0.2, 0.25) is 0 Å². The Morgan fingerprint density at radius 2 is 1.70 bits per heavy atom. The summed E-state index contributed by atoms with van der Waals surface area (Å²) in [4.78, 5) is 21.3. The fourth-order valence-corrected chi connectivity index (χ4v) is 2.28. The highest BCUT2D eigenvalue weighted by atomic mass is 16.2. The van der Waals surface area contributed by atoms with Crippen LogP contribution in [-0.4, -0.2) is 16.0 Å². The molecule has 1 aromatic carbocycles. The number of aromatic nitrogens is 2. The van der Waals surface area contributed by atoms with E-state index in [9.17, 15) is 4.79 Å². The van der Waals surface area contributed by atoms with E-state index < -0.39 is 6.03 Å². The zero-order valence-corrected chi connectivity index (χ0v) is 11.7. The molecule has 0 spiro atoms. The summed E-state index contributed by atoms with van der Waals surface area (Å²) in [5.74, 6) is 0. The molecule has 0 aliphatic heterocycles. The summed E-state index contributed by atoms with van der Waals surface area (Å²) in [6, 6.07) is 5.49. The maximum atomic E-state index is 11.9. The van der Waals surface area contributed by atoms with Crippen LogP contribution in [0.4, 0.5) is 16.2 Å². The first-order chi connectivity index (χ1) is 9.69. The highest BCUT2D eigenvalue weighted by Gasteiger charge is 2.21. The van der Waals surface area contributed by atoms with E-state index in [0.29, 0.717) is 5.69 Å². The number of benzene rings is 1. The first-order valence-corrected chi connectivity index (χ1v) is 6.64. The lowest BCUT2D eigenvalue weighted by molar-refractivity contribution is 0.256. The van der Waals surface area contributed by atoms with Crippen molar-refractivity contribution < 1.29 is 4.79 Å². The molecule has 0 bridgehead atoms. The average molecular weight is 270 g/mol. The highest BCUT2D eigenvalue weighted by molar-refractivity contribution is 5.99. The Morgan fingerprint density at radius 1 is 1.15 bits per heavy atom. The molecule has 0 aliphatic carbocycles. The molecule has 1 aromatic heterocycles. The first kappa shape index (κ1) is 14.0. The largest absolute Gasteiger partial charge is 0.351 e. The molecule has 0 aliphatic rings. The Kier molecular flexibility index (Phi) is 4.30. The summed E-state index contributed by atoms with van der Waals surface area (Å²) >= 11 is 0. The lowest BCUT2D eigenvalue weighted by Crippen LogP contribution is -2.33. The van der Waals surface area contributed by atoms with Crippen molar-refractivity contribution in [2.24, 2.45) is 5.73 Å². The second kappa shape index (κ2) is 6.14. The van der Waals surface area contributed by atoms with E-state index >= 15 is 0 Å². The quantitative estimate of drug-likeness (QED) is 0.928. The molecule has 2 rings (SSSR count). The normalized spacial score (nSPS) is 10.3. The Morgan fingerprint density at radius 3 is 2.15 bits per heavy atom. The number of carbonyl (C=O) groups is 1. The molecule has 0 saturated heterocycles. The zero-order chi connectivity index (χ0) is 14.5. The van der Waals surface area contributed by atoms with E-state index in [1.54, 1.807) is 12.4 Å². The predicted molar refractivity (Wildman–Crippen MR) is 79.0 cm³/mol. The molecule has 2 N–H and O–H groups in total. The van der Waals surface area contributed by atoms with Gasteiger partial charge in [-0.2, -0.15) is 0 Å². The number of amides is 2. The van der Waals surface area contributed by atoms with Crippen LogP contribution in [0, 0.1) is 0 Å². The third kappa shape index (κ3) is 2.61. The second-order valence-electron chi connectivity index (χ2n) is 4.40. The molecule has 0 atom stereocenters. The van der Waals surface area contributed by atoms with Crippen molar-refractivity contribution >= 4 is 17.4 Å². The maximum absolute atomic E-state index is 11.9. The molecule has 2 aromatic rings. The molecule has 2 amide bonds. The van der Waals surface area contributed by atoms with Crippen molar-refractivity contribution in [3.63, 3.8) is 0 Å². The number of carbonyl (C=O) groups excluding carboxylic acids is 1. The SMILES string of the molecule is CCc1cccc(CC)c1N(C(N)=O)c1cncnc1. The fraction of sp³-hybridized carbons (Fsp3) is 0.267. The van der Waals surface area contributed by atoms with Crippen molar-refractivity contribution in [3.05, 3.63) is 48.0 Å². The monoisotopic (exact) mass is 270 g/mol. The molecule has 5 nitrogen and oxygen atoms in total. The van der Waals surface area contributed by atoms with E-state index in [0.717, 1.165) is 29.7 Å². The minimum atomic E-state index is -0.532. The molecule has 0 radical (unpaired) electrons. The minimum Gasteiger partial charge on any atom is -0.351 e. The van der Waals surface area contributed by atoms with Crippen molar-refractivity contribution in [3.8, 4) is 0 Å². The molecule has 0 saturated carbocycles. The van der Waals surface area contributed by atoms with Gasteiger partial charge >= 0.3 is 6.03 Å². The van der Waals surface area contributed by atoms with Gasteiger partial charge in [0.2, 0.25) is 0 Å². The van der Waals surface area contributed by atoms with Gasteiger partial charge in [-0.05, 0) is 24.0 Å². The lowest BCUT2D eigenvalue weighted by Gasteiger charge is -2.25. The summed E-state index contributed by atoms with van der Waals surface area (Å²) in [5, 5.41) is 0. The van der Waals surface area contributed by atoms with Crippen LogP contribution in [0.5, 0.6) is 0 Å². The average Bonchev–Trinajstić information content (AvgIpc) is 2.48. The molecule has 1 heterocycles. The number of urea groups is 1. The van der Waals surface area contributed by atoms with Gasteiger partial charge in [0.25, 0.3) is 0 Å². The van der Waals surface area contributed by atoms with E-state index in [-0.39, 0.29) is 0 Å². The Bertz CT molecular complexity index is 576. The Balaban J connectivity index is 2.64. The van der Waals surface area contributed by atoms with Crippen molar-refractivity contribution in [1.82, 2.24) is 9.97 Å². The topological polar surface area (TPSA) is 72.1 Å². The molecular formula is C15H18N4O. The third-order valence-electron chi connectivity index (χ3n) is 3.21. The van der Waals surface area contributed by atoms with E-state index in [1.165, 1.54) is 11.2 Å². The van der Waals surface area contributed by atoms with Crippen LogP contribution in [0.3, 0.4) is 0 Å². The van der Waals surface area contributed by atoms with Crippen LogP contribution in [0.25, 0.3) is 0 Å². The fourth-order valence-electron chi connectivity index (χ4n) is 2.28. The number of aryl methyl sites for hydroxylation is 2. The zero-order valence-electron chi connectivity index (χ0n) is 11.7. The smallest absolute Gasteiger partial charge is 0.324 e. The van der Waals surface area contributed by atoms with Crippen molar-refractivity contribution in [2.45, 2.75) is 26.7 Å². The molecule has 5 heteroatoms. The highest BCUT2D eigenvalue weighted by Crippen LogP contribution is 2.32. The number of hydrogen-bond donors (Lipinski definition) is 1. The van der Waals surface area contributed by atoms with Gasteiger partial charge in [0.15, 0.2) is 0 Å². The molecule has 104 valence electrons. The number of primary amides is 1. The number of para-hydroxylation sites is 1. The summed E-state index contributed by atoms with van der Waals surface area (Å²) in [6.07, 6.45) is 6.24. The van der Waals surface area contributed by atoms with Crippen LogP contribution in [-0.2, 0) is 12.8 Å². The number of nitrogens with two attached hydrogens (primary N) is 1. The Labute approximate surface area is 118 Å². The van der Waals surface area contributed by atoms with Gasteiger partial charge in [-0.1, -0.05) is 32.0 Å². The summed E-state index contributed by atoms with van der Waals surface area (Å²) in [6.45, 7) is 4.11. The molecule has 20 heavy (non-hydrogen) atoms. The van der Waals surface area contributed by atoms with Crippen LogP contribution < -0.4 is 10.6 Å². The molecule has 0 unspecified atom stereocenters. The van der Waals surface area contributed by atoms with Gasteiger partial charge in [0.1, 0.15) is 6.33 Å². The maximum Gasteiger partial charge on any atom is 0.324 e. The Hall–Kier alpha value is -2.43. The van der Waals surface area contributed by atoms with Crippen LogP contribution in [0.15, 0.2) is 36.9 Å². The van der Waals surface area contributed by atoms with Gasteiger partial charge in [-0.15, -0.1) is 0 Å². The molecular weight excluding hydrogens is 252 g/mol. The van der Waals surface area contributed by atoms with E-state index in [2.05, 4.69) is 23.8 Å².